The summed E-state index contributed by atoms with van der Waals surface area (Å²) in [6.45, 7) is 3.72. The number of hydrogen-bond donors (Lipinski definition) is 2. The third kappa shape index (κ3) is 4.42. The van der Waals surface area contributed by atoms with Crippen molar-refractivity contribution >= 4 is 22.6 Å². The fraction of sp³-hybridized carbons (Fsp3) is 0.526. The van der Waals surface area contributed by atoms with Gasteiger partial charge in [-0.05, 0) is 44.1 Å². The lowest BCUT2D eigenvalue weighted by molar-refractivity contribution is 0.183. The summed E-state index contributed by atoms with van der Waals surface area (Å²) in [7, 11) is 1.52. The molecule has 1 aliphatic rings. The number of nitrogens with one attached hydrogen (secondary N) is 1. The summed E-state index contributed by atoms with van der Waals surface area (Å²) in [6.07, 6.45) is 3.59. The number of nitrogens with zero attached hydrogens (tertiary/aromatic N) is 3. The van der Waals surface area contributed by atoms with Crippen molar-refractivity contribution in [2.45, 2.75) is 32.4 Å². The van der Waals surface area contributed by atoms with E-state index in [1.807, 2.05) is 0 Å². The van der Waals surface area contributed by atoms with Crippen LogP contribution in [0.15, 0.2) is 27.8 Å². The Kier molecular flexibility index (Phi) is 6.48. The van der Waals surface area contributed by atoms with Crippen LogP contribution in [0.4, 0.5) is 10.5 Å². The van der Waals surface area contributed by atoms with Gasteiger partial charge < -0.3 is 20.7 Å². The zero-order chi connectivity index (χ0) is 20.1. The minimum atomic E-state index is -0.711. The van der Waals surface area contributed by atoms with Crippen LogP contribution in [0, 0.1) is 0 Å². The predicted octanol–water partition coefficient (Wildman–Crippen LogP) is 0.786. The maximum atomic E-state index is 13.0. The fourth-order valence-corrected chi connectivity index (χ4v) is 3.66. The number of urea groups is 1. The van der Waals surface area contributed by atoms with Crippen LogP contribution in [0.5, 0.6) is 0 Å². The summed E-state index contributed by atoms with van der Waals surface area (Å²) in [4.78, 5) is 39.4. The number of methoxy groups -OCH3 is 1. The van der Waals surface area contributed by atoms with Crippen LogP contribution in [-0.4, -0.2) is 53.4 Å². The number of hydrogen-bond acceptors (Lipinski definition) is 5. The van der Waals surface area contributed by atoms with Gasteiger partial charge in [-0.1, -0.05) is 6.42 Å². The molecule has 3 rings (SSSR count). The smallest absolute Gasteiger partial charge is 0.331 e. The zero-order valence-corrected chi connectivity index (χ0v) is 16.1. The van der Waals surface area contributed by atoms with Gasteiger partial charge in [-0.15, -0.1) is 0 Å². The van der Waals surface area contributed by atoms with E-state index in [1.165, 1.54) is 30.9 Å². The molecular weight excluding hydrogens is 362 g/mol. The Bertz CT molecular complexity index is 959. The second-order valence-electron chi connectivity index (χ2n) is 7.01. The molecule has 2 amide bonds. The van der Waals surface area contributed by atoms with Crippen molar-refractivity contribution in [1.29, 1.82) is 0 Å². The Morgan fingerprint density at radius 1 is 1.11 bits per heavy atom. The molecule has 0 saturated carbocycles. The number of primary amides is 1. The summed E-state index contributed by atoms with van der Waals surface area (Å²) in [5.74, 6) is 0. The number of rotatable bonds is 7. The minimum absolute atomic E-state index is 0.168. The Labute approximate surface area is 162 Å². The Balaban J connectivity index is 2.04. The fourth-order valence-electron chi connectivity index (χ4n) is 3.66. The molecule has 3 N–H and O–H groups in total. The first-order valence-electron chi connectivity index (χ1n) is 9.56. The van der Waals surface area contributed by atoms with Gasteiger partial charge in [0.2, 0.25) is 0 Å². The molecule has 1 saturated heterocycles. The first kappa shape index (κ1) is 20.1. The SMILES string of the molecule is COCCn1c(=O)c2cc(NC(N)=O)ccc2n(CCN2CCCCC2)c1=O. The average Bonchev–Trinajstić information content (AvgIpc) is 2.68. The molecule has 1 aliphatic heterocycles. The highest BCUT2D eigenvalue weighted by Gasteiger charge is 2.16. The number of amides is 2. The largest absolute Gasteiger partial charge is 0.383 e. The summed E-state index contributed by atoms with van der Waals surface area (Å²) in [5, 5.41) is 2.84. The number of nitrogens with two attached hydrogens (primary N) is 1. The molecule has 28 heavy (non-hydrogen) atoms. The monoisotopic (exact) mass is 389 g/mol. The van der Waals surface area contributed by atoms with E-state index in [0.717, 1.165) is 19.6 Å². The molecule has 2 aromatic rings. The van der Waals surface area contributed by atoms with E-state index in [9.17, 15) is 14.4 Å². The Morgan fingerprint density at radius 2 is 1.86 bits per heavy atom. The molecule has 2 heterocycles. The predicted molar refractivity (Wildman–Crippen MR) is 108 cm³/mol. The molecule has 0 aliphatic carbocycles. The summed E-state index contributed by atoms with van der Waals surface area (Å²) >= 11 is 0. The molecule has 152 valence electrons. The number of ether oxygens (including phenoxy) is 1. The van der Waals surface area contributed by atoms with Crippen molar-refractivity contribution in [2.75, 3.05) is 38.7 Å². The number of carbonyl (C=O) groups is 1. The lowest BCUT2D eigenvalue weighted by atomic mass is 10.1. The number of likely N-dealkylation sites (tertiary alicyclic amines) is 1. The molecule has 0 radical (unpaired) electrons. The van der Waals surface area contributed by atoms with E-state index in [2.05, 4.69) is 10.2 Å². The van der Waals surface area contributed by atoms with Gasteiger partial charge in [0.25, 0.3) is 5.56 Å². The number of aromatic nitrogens is 2. The van der Waals surface area contributed by atoms with Crippen molar-refractivity contribution < 1.29 is 9.53 Å². The van der Waals surface area contributed by atoms with Crippen molar-refractivity contribution in [3.05, 3.63) is 39.0 Å². The third-order valence-electron chi connectivity index (χ3n) is 5.10. The number of benzene rings is 1. The van der Waals surface area contributed by atoms with Crippen molar-refractivity contribution in [3.8, 4) is 0 Å². The van der Waals surface area contributed by atoms with Gasteiger partial charge >= 0.3 is 11.7 Å². The number of fused-ring (bicyclic) bond motifs is 1. The highest BCUT2D eigenvalue weighted by Crippen LogP contribution is 2.16. The molecule has 9 heteroatoms. The molecule has 0 bridgehead atoms. The van der Waals surface area contributed by atoms with Crippen LogP contribution < -0.4 is 22.3 Å². The van der Waals surface area contributed by atoms with Crippen LogP contribution in [0.3, 0.4) is 0 Å². The molecule has 1 aromatic carbocycles. The van der Waals surface area contributed by atoms with Crippen LogP contribution in [-0.2, 0) is 17.8 Å². The van der Waals surface area contributed by atoms with Gasteiger partial charge in [0, 0.05) is 25.9 Å². The maximum absolute atomic E-state index is 13.0. The van der Waals surface area contributed by atoms with Gasteiger partial charge in [-0.3, -0.25) is 13.9 Å². The summed E-state index contributed by atoms with van der Waals surface area (Å²) < 4.78 is 7.87. The van der Waals surface area contributed by atoms with E-state index < -0.39 is 11.6 Å². The van der Waals surface area contributed by atoms with E-state index in [1.54, 1.807) is 22.8 Å². The van der Waals surface area contributed by atoms with Crippen LogP contribution in [0.1, 0.15) is 19.3 Å². The Morgan fingerprint density at radius 3 is 2.54 bits per heavy atom. The van der Waals surface area contributed by atoms with Crippen LogP contribution in [0.2, 0.25) is 0 Å². The number of carbonyl (C=O) groups excluding carboxylic acids is 1. The molecule has 1 aromatic heterocycles. The minimum Gasteiger partial charge on any atom is -0.383 e. The molecule has 0 spiro atoms. The lowest BCUT2D eigenvalue weighted by Gasteiger charge is -2.27. The van der Waals surface area contributed by atoms with Gasteiger partial charge in [-0.2, -0.15) is 0 Å². The second kappa shape index (κ2) is 9.03. The van der Waals surface area contributed by atoms with Crippen molar-refractivity contribution in [2.24, 2.45) is 5.73 Å². The van der Waals surface area contributed by atoms with Crippen LogP contribution in [0.25, 0.3) is 10.9 Å². The maximum Gasteiger partial charge on any atom is 0.331 e. The summed E-state index contributed by atoms with van der Waals surface area (Å²) in [6, 6.07) is 4.17. The second-order valence-corrected chi connectivity index (χ2v) is 7.01. The van der Waals surface area contributed by atoms with Gasteiger partial charge in [-0.25, -0.2) is 9.59 Å². The number of piperidine rings is 1. The van der Waals surface area contributed by atoms with E-state index in [-0.39, 0.29) is 18.8 Å². The van der Waals surface area contributed by atoms with Gasteiger partial charge in [0.15, 0.2) is 0 Å². The highest BCUT2D eigenvalue weighted by molar-refractivity contribution is 5.91. The topological polar surface area (TPSA) is 112 Å². The normalized spacial score (nSPS) is 15.0. The standard InChI is InChI=1S/C19H27N5O4/c1-28-12-11-24-17(25)15-13-14(21-18(20)26)5-6-16(15)23(19(24)27)10-9-22-7-3-2-4-8-22/h5-6,13H,2-4,7-12H2,1H3,(H3,20,21,26). The first-order valence-corrected chi connectivity index (χ1v) is 9.56. The zero-order valence-electron chi connectivity index (χ0n) is 16.1. The molecule has 1 fully saturated rings. The average molecular weight is 389 g/mol. The molecular formula is C19H27N5O4. The van der Waals surface area contributed by atoms with Gasteiger partial charge in [0.05, 0.1) is 24.1 Å². The quantitative estimate of drug-likeness (QED) is 0.727. The highest BCUT2D eigenvalue weighted by atomic mass is 16.5. The van der Waals surface area contributed by atoms with E-state index in [4.69, 9.17) is 10.5 Å². The third-order valence-corrected chi connectivity index (χ3v) is 5.10. The first-order chi connectivity index (χ1) is 13.5. The summed E-state index contributed by atoms with van der Waals surface area (Å²) in [5.41, 5.74) is 5.39. The Hall–Kier alpha value is -2.65. The number of anilines is 1. The van der Waals surface area contributed by atoms with Gasteiger partial charge in [0.1, 0.15) is 0 Å². The molecule has 0 atom stereocenters. The molecule has 9 nitrogen and oxygen atoms in total. The molecule has 0 unspecified atom stereocenters. The van der Waals surface area contributed by atoms with Crippen LogP contribution >= 0.6 is 0 Å². The van der Waals surface area contributed by atoms with E-state index >= 15 is 0 Å². The van der Waals surface area contributed by atoms with Crippen molar-refractivity contribution in [3.63, 3.8) is 0 Å². The van der Waals surface area contributed by atoms with E-state index in [0.29, 0.717) is 23.1 Å². The van der Waals surface area contributed by atoms with Crippen molar-refractivity contribution in [1.82, 2.24) is 14.0 Å². The lowest BCUT2D eigenvalue weighted by Crippen LogP contribution is -2.43.